The minimum atomic E-state index is -1.00. The number of carbonyl (C=O) groups excluding carboxylic acids is 1. The van der Waals surface area contributed by atoms with Gasteiger partial charge in [-0.05, 0) is 17.7 Å². The van der Waals surface area contributed by atoms with Crippen LogP contribution in [0, 0.1) is 17.5 Å². The number of halogens is 3. The van der Waals surface area contributed by atoms with E-state index in [9.17, 15) is 18.0 Å². The Morgan fingerprint density at radius 3 is 2.57 bits per heavy atom. The van der Waals surface area contributed by atoms with Crippen molar-refractivity contribution in [2.24, 2.45) is 5.73 Å². The quantitative estimate of drug-likeness (QED) is 0.791. The Bertz CT molecular complexity index is 872. The number of hydrogen-bond acceptors (Lipinski definition) is 4. The molecule has 0 spiro atoms. The number of hydrogen-bond donors (Lipinski definition) is 1. The van der Waals surface area contributed by atoms with Crippen LogP contribution in [0.15, 0.2) is 30.3 Å². The van der Waals surface area contributed by atoms with E-state index < -0.39 is 23.4 Å². The molecule has 0 saturated carbocycles. The topological polar surface area (TPSA) is 65.2 Å². The van der Waals surface area contributed by atoms with Crippen LogP contribution in [-0.4, -0.2) is 10.9 Å². The average molecular weight is 338 g/mol. The summed E-state index contributed by atoms with van der Waals surface area (Å²) in [4.78, 5) is 14.8. The molecule has 0 radical (unpaired) electrons. The molecule has 0 aliphatic carbocycles. The van der Waals surface area contributed by atoms with E-state index >= 15 is 0 Å². The molecule has 23 heavy (non-hydrogen) atoms. The second-order valence-corrected chi connectivity index (χ2v) is 5.71. The van der Waals surface area contributed by atoms with Crippen molar-refractivity contribution in [3.63, 3.8) is 0 Å². The average Bonchev–Trinajstić information content (AvgIpc) is 2.83. The van der Waals surface area contributed by atoms with Gasteiger partial charge in [-0.3, -0.25) is 4.79 Å². The number of carbonyl (C=O) groups is 1. The Balaban J connectivity index is 1.87. The molecule has 118 valence electrons. The first kappa shape index (κ1) is 15.3. The normalized spacial score (nSPS) is 10.9. The van der Waals surface area contributed by atoms with E-state index in [0.717, 1.165) is 29.5 Å². The molecule has 0 atom stereocenters. The highest BCUT2D eigenvalue weighted by atomic mass is 32.1. The number of nitrogens with two attached hydrogens (primary N) is 1. The van der Waals surface area contributed by atoms with Crippen molar-refractivity contribution < 1.29 is 22.7 Å². The van der Waals surface area contributed by atoms with Crippen LogP contribution >= 0.6 is 11.3 Å². The molecule has 1 amide bonds. The molecule has 2 aromatic carbocycles. The molecule has 0 saturated heterocycles. The maximum atomic E-state index is 13.8. The summed E-state index contributed by atoms with van der Waals surface area (Å²) < 4.78 is 45.9. The highest BCUT2D eigenvalue weighted by Gasteiger charge is 2.12. The summed E-state index contributed by atoms with van der Waals surface area (Å²) in [6.07, 6.45) is -0.216. The maximum absolute atomic E-state index is 13.8. The smallest absolute Gasteiger partial charge is 0.279 e. The molecule has 0 unspecified atom stereocenters. The fraction of sp³-hybridized carbons (Fsp3) is 0.0667. The Kier molecular flexibility index (Phi) is 3.91. The van der Waals surface area contributed by atoms with E-state index in [1.54, 1.807) is 0 Å². The SMILES string of the molecule is NC(=O)Cc1ccc(Oc2nc3cc(F)c(F)cc3s2)cc1F. The van der Waals surface area contributed by atoms with Crippen LogP contribution in [0.2, 0.25) is 0 Å². The summed E-state index contributed by atoms with van der Waals surface area (Å²) in [7, 11) is 0. The van der Waals surface area contributed by atoms with Gasteiger partial charge in [0.25, 0.3) is 5.19 Å². The highest BCUT2D eigenvalue weighted by Crippen LogP contribution is 2.32. The van der Waals surface area contributed by atoms with Crippen molar-refractivity contribution in [1.82, 2.24) is 4.98 Å². The number of benzene rings is 2. The number of amides is 1. The van der Waals surface area contributed by atoms with Crippen LogP contribution in [0.25, 0.3) is 10.2 Å². The number of primary amides is 1. The molecule has 4 nitrogen and oxygen atoms in total. The molecule has 1 heterocycles. The summed E-state index contributed by atoms with van der Waals surface area (Å²) in [5.74, 6) is -3.12. The molecule has 0 aliphatic heterocycles. The predicted molar refractivity (Wildman–Crippen MR) is 78.9 cm³/mol. The molecule has 0 bridgehead atoms. The van der Waals surface area contributed by atoms with E-state index in [-0.39, 0.29) is 28.4 Å². The fourth-order valence-corrected chi connectivity index (χ4v) is 2.81. The van der Waals surface area contributed by atoms with Crippen LogP contribution < -0.4 is 10.5 Å². The van der Waals surface area contributed by atoms with E-state index in [2.05, 4.69) is 4.98 Å². The van der Waals surface area contributed by atoms with Crippen LogP contribution in [0.1, 0.15) is 5.56 Å². The third-order valence-electron chi connectivity index (χ3n) is 3.01. The zero-order valence-electron chi connectivity index (χ0n) is 11.5. The van der Waals surface area contributed by atoms with Gasteiger partial charge < -0.3 is 10.5 Å². The molecular weight excluding hydrogens is 329 g/mol. The van der Waals surface area contributed by atoms with Crippen LogP contribution in [-0.2, 0) is 11.2 Å². The highest BCUT2D eigenvalue weighted by molar-refractivity contribution is 7.20. The zero-order chi connectivity index (χ0) is 16.6. The number of ether oxygens (including phenoxy) is 1. The number of thiazole rings is 1. The van der Waals surface area contributed by atoms with Gasteiger partial charge >= 0.3 is 0 Å². The van der Waals surface area contributed by atoms with E-state index in [1.807, 2.05) is 0 Å². The second kappa shape index (κ2) is 5.88. The first-order valence-corrected chi connectivity index (χ1v) is 7.24. The molecule has 1 aromatic heterocycles. The summed E-state index contributed by atoms with van der Waals surface area (Å²) in [6.45, 7) is 0. The van der Waals surface area contributed by atoms with E-state index in [0.29, 0.717) is 4.70 Å². The Morgan fingerprint density at radius 2 is 1.87 bits per heavy atom. The standard InChI is InChI=1S/C15H9F3N2O2S/c16-9-4-8(2-1-7(9)3-14(19)21)22-15-20-12-5-10(17)11(18)6-13(12)23-15/h1-2,4-6H,3H2,(H2,19,21). The van der Waals surface area contributed by atoms with Crippen LogP contribution in [0.3, 0.4) is 0 Å². The lowest BCUT2D eigenvalue weighted by Gasteiger charge is -2.04. The number of aromatic nitrogens is 1. The van der Waals surface area contributed by atoms with E-state index in [4.69, 9.17) is 10.5 Å². The third-order valence-corrected chi connectivity index (χ3v) is 3.90. The molecule has 2 N–H and O–H groups in total. The van der Waals surface area contributed by atoms with Gasteiger partial charge in [-0.25, -0.2) is 18.2 Å². The largest absolute Gasteiger partial charge is 0.431 e. The van der Waals surface area contributed by atoms with Gasteiger partial charge in [0.05, 0.1) is 16.6 Å². The van der Waals surface area contributed by atoms with Gasteiger partial charge in [-0.1, -0.05) is 17.4 Å². The molecule has 0 fully saturated rings. The first-order chi connectivity index (χ1) is 10.9. The molecular formula is C15H9F3N2O2S. The van der Waals surface area contributed by atoms with Crippen molar-refractivity contribution in [3.8, 4) is 10.9 Å². The Labute approximate surface area is 132 Å². The van der Waals surface area contributed by atoms with Gasteiger partial charge in [0.15, 0.2) is 11.6 Å². The molecule has 0 aliphatic rings. The van der Waals surface area contributed by atoms with Crippen LogP contribution in [0.4, 0.5) is 13.2 Å². The lowest BCUT2D eigenvalue weighted by Crippen LogP contribution is -2.14. The lowest BCUT2D eigenvalue weighted by molar-refractivity contribution is -0.117. The van der Waals surface area contributed by atoms with Gasteiger partial charge in [0.2, 0.25) is 5.91 Å². The lowest BCUT2D eigenvalue weighted by atomic mass is 10.1. The minimum absolute atomic E-state index is 0.118. The van der Waals surface area contributed by atoms with Crippen molar-refractivity contribution in [1.29, 1.82) is 0 Å². The van der Waals surface area contributed by atoms with Gasteiger partial charge in [-0.15, -0.1) is 0 Å². The summed E-state index contributed by atoms with van der Waals surface area (Å²) in [5, 5.41) is 0.118. The molecule has 3 aromatic rings. The second-order valence-electron chi connectivity index (χ2n) is 4.71. The van der Waals surface area contributed by atoms with Crippen molar-refractivity contribution in [2.75, 3.05) is 0 Å². The number of nitrogens with zero attached hydrogens (tertiary/aromatic N) is 1. The van der Waals surface area contributed by atoms with Crippen molar-refractivity contribution >= 4 is 27.5 Å². The predicted octanol–water partition coefficient (Wildman–Crippen LogP) is 3.53. The van der Waals surface area contributed by atoms with Gasteiger partial charge in [0, 0.05) is 12.1 Å². The van der Waals surface area contributed by atoms with Crippen LogP contribution in [0.5, 0.6) is 10.9 Å². The summed E-state index contributed by atoms with van der Waals surface area (Å²) in [5.41, 5.74) is 5.41. The number of fused-ring (bicyclic) bond motifs is 1. The Hall–Kier alpha value is -2.61. The van der Waals surface area contributed by atoms with Gasteiger partial charge in [0.1, 0.15) is 11.6 Å². The monoisotopic (exact) mass is 338 g/mol. The summed E-state index contributed by atoms with van der Waals surface area (Å²) >= 11 is 0.999. The zero-order valence-corrected chi connectivity index (χ0v) is 12.3. The summed E-state index contributed by atoms with van der Waals surface area (Å²) in [6, 6.07) is 5.90. The minimum Gasteiger partial charge on any atom is -0.431 e. The van der Waals surface area contributed by atoms with E-state index in [1.165, 1.54) is 12.1 Å². The first-order valence-electron chi connectivity index (χ1n) is 6.42. The Morgan fingerprint density at radius 1 is 1.13 bits per heavy atom. The third kappa shape index (κ3) is 3.26. The van der Waals surface area contributed by atoms with Crippen molar-refractivity contribution in [2.45, 2.75) is 6.42 Å². The molecule has 8 heteroatoms. The fourth-order valence-electron chi connectivity index (χ4n) is 1.97. The van der Waals surface area contributed by atoms with Crippen molar-refractivity contribution in [3.05, 3.63) is 53.3 Å². The van der Waals surface area contributed by atoms with Gasteiger partial charge in [-0.2, -0.15) is 0 Å². The maximum Gasteiger partial charge on any atom is 0.279 e. The molecule has 3 rings (SSSR count). The number of rotatable bonds is 4.